The minimum absolute atomic E-state index is 0.0373. The zero-order chi connectivity index (χ0) is 10.8. The first kappa shape index (κ1) is 12.0. The number of rotatable bonds is 3. The van der Waals surface area contributed by atoms with Crippen molar-refractivity contribution in [3.05, 3.63) is 0 Å². The van der Waals surface area contributed by atoms with Crippen molar-refractivity contribution >= 4 is 9.92 Å². The smallest absolute Gasteiger partial charge is 0.106 e. The maximum atomic E-state index is 11.9. The average Bonchev–Trinajstić information content (AvgIpc) is 2.31. The zero-order valence-electron chi connectivity index (χ0n) is 9.43. The highest BCUT2D eigenvalue weighted by Crippen LogP contribution is 2.21. The second kappa shape index (κ2) is 4.19. The van der Waals surface area contributed by atoms with Crippen LogP contribution in [0.5, 0.6) is 0 Å². The maximum Gasteiger partial charge on any atom is 0.106 e. The molecule has 0 bridgehead atoms. The summed E-state index contributed by atoms with van der Waals surface area (Å²) in [7, 11) is -2.57. The van der Waals surface area contributed by atoms with Gasteiger partial charge >= 0.3 is 0 Å². The molecule has 0 aromatic carbocycles. The van der Waals surface area contributed by atoms with E-state index < -0.39 is 9.92 Å². The molecule has 0 saturated heterocycles. The van der Waals surface area contributed by atoms with E-state index in [1.807, 2.05) is 20.8 Å². The van der Waals surface area contributed by atoms with E-state index in [-0.39, 0.29) is 5.41 Å². The van der Waals surface area contributed by atoms with Crippen LogP contribution in [-0.2, 0) is 9.92 Å². The highest BCUT2D eigenvalue weighted by molar-refractivity contribution is 7.90. The summed E-state index contributed by atoms with van der Waals surface area (Å²) in [6.45, 7) is 6.08. The Morgan fingerprint density at radius 2 is 1.86 bits per heavy atom. The molecule has 3 nitrogen and oxygen atoms in total. The van der Waals surface area contributed by atoms with Crippen LogP contribution in [0, 0.1) is 10.2 Å². The van der Waals surface area contributed by atoms with Crippen molar-refractivity contribution in [2.45, 2.75) is 52.5 Å². The standard InChI is InChI=1S/C10H22N2OS/c1-10(2,3)8-14(11,13)12-9-6-4-5-7-9/h9H,4-8H2,1-3H3,(H2,11,12,13). The van der Waals surface area contributed by atoms with Gasteiger partial charge in [0.05, 0.1) is 5.75 Å². The largest absolute Gasteiger partial charge is 0.240 e. The van der Waals surface area contributed by atoms with E-state index in [9.17, 15) is 4.21 Å². The number of hydrogen-bond donors (Lipinski definition) is 2. The minimum Gasteiger partial charge on any atom is -0.240 e. The Morgan fingerprint density at radius 1 is 1.36 bits per heavy atom. The van der Waals surface area contributed by atoms with Gasteiger partial charge in [-0.3, -0.25) is 0 Å². The number of nitrogens with one attached hydrogen (secondary N) is 2. The summed E-state index contributed by atoms with van der Waals surface area (Å²) in [5, 5.41) is 0. The fraction of sp³-hybridized carbons (Fsp3) is 1.00. The van der Waals surface area contributed by atoms with Gasteiger partial charge in [-0.15, -0.1) is 0 Å². The Hall–Kier alpha value is -0.0900. The fourth-order valence-corrected chi connectivity index (χ4v) is 4.04. The molecule has 1 aliphatic rings. The Kier molecular flexibility index (Phi) is 3.58. The molecule has 1 aliphatic carbocycles. The van der Waals surface area contributed by atoms with Crippen LogP contribution in [0.4, 0.5) is 0 Å². The van der Waals surface area contributed by atoms with Crippen molar-refractivity contribution in [1.82, 2.24) is 4.72 Å². The molecule has 1 unspecified atom stereocenters. The summed E-state index contributed by atoms with van der Waals surface area (Å²) in [6, 6.07) is 0.322. The lowest BCUT2D eigenvalue weighted by Crippen LogP contribution is -2.37. The van der Waals surface area contributed by atoms with Crippen molar-refractivity contribution in [3.63, 3.8) is 0 Å². The van der Waals surface area contributed by atoms with Crippen molar-refractivity contribution in [2.75, 3.05) is 5.75 Å². The van der Waals surface area contributed by atoms with E-state index in [1.54, 1.807) is 0 Å². The van der Waals surface area contributed by atoms with Crippen LogP contribution < -0.4 is 4.72 Å². The molecular weight excluding hydrogens is 196 g/mol. The lowest BCUT2D eigenvalue weighted by atomic mass is 10.0. The van der Waals surface area contributed by atoms with Gasteiger partial charge < -0.3 is 0 Å². The molecule has 14 heavy (non-hydrogen) atoms. The van der Waals surface area contributed by atoms with Crippen molar-refractivity contribution in [1.29, 1.82) is 4.78 Å². The third-order valence-corrected chi connectivity index (χ3v) is 4.34. The minimum atomic E-state index is -2.57. The van der Waals surface area contributed by atoms with Gasteiger partial charge in [-0.2, -0.15) is 0 Å². The molecule has 4 heteroatoms. The van der Waals surface area contributed by atoms with Crippen LogP contribution in [0.2, 0.25) is 0 Å². The summed E-state index contributed by atoms with van der Waals surface area (Å²) in [4.78, 5) is 0. The SMILES string of the molecule is CC(C)(C)CS(=N)(=O)NC1CCCC1. The Balaban J connectivity index is 2.49. The van der Waals surface area contributed by atoms with Gasteiger partial charge in [0.15, 0.2) is 0 Å². The van der Waals surface area contributed by atoms with Gasteiger partial charge in [0.1, 0.15) is 9.92 Å². The Morgan fingerprint density at radius 3 is 2.29 bits per heavy atom. The van der Waals surface area contributed by atoms with Crippen molar-refractivity contribution < 1.29 is 4.21 Å². The van der Waals surface area contributed by atoms with E-state index in [0.29, 0.717) is 11.8 Å². The molecule has 0 aliphatic heterocycles. The predicted molar refractivity (Wildman–Crippen MR) is 60.6 cm³/mol. The summed E-state index contributed by atoms with van der Waals surface area (Å²) >= 11 is 0. The maximum absolute atomic E-state index is 11.9. The van der Waals surface area contributed by atoms with Crippen LogP contribution in [0.25, 0.3) is 0 Å². The summed E-state index contributed by atoms with van der Waals surface area (Å²) in [5.74, 6) is 0.441. The van der Waals surface area contributed by atoms with Crippen molar-refractivity contribution in [2.24, 2.45) is 5.41 Å². The Bertz CT molecular complexity index is 271. The van der Waals surface area contributed by atoms with Gasteiger partial charge in [-0.1, -0.05) is 33.6 Å². The molecule has 0 heterocycles. The summed E-state index contributed by atoms with van der Waals surface area (Å²) in [5.41, 5.74) is -0.0373. The molecule has 1 fully saturated rings. The highest BCUT2D eigenvalue weighted by Gasteiger charge is 2.23. The van der Waals surface area contributed by atoms with E-state index >= 15 is 0 Å². The highest BCUT2D eigenvalue weighted by atomic mass is 32.2. The lowest BCUT2D eigenvalue weighted by Gasteiger charge is -2.22. The van der Waals surface area contributed by atoms with E-state index in [4.69, 9.17) is 4.78 Å². The third kappa shape index (κ3) is 4.42. The first-order chi connectivity index (χ1) is 6.29. The quantitative estimate of drug-likeness (QED) is 0.751. The molecule has 1 saturated carbocycles. The van der Waals surface area contributed by atoms with Crippen LogP contribution in [0.3, 0.4) is 0 Å². The monoisotopic (exact) mass is 218 g/mol. The van der Waals surface area contributed by atoms with Gasteiger partial charge in [0.25, 0.3) is 0 Å². The van der Waals surface area contributed by atoms with E-state index in [1.165, 1.54) is 12.8 Å². The molecule has 84 valence electrons. The molecule has 0 aromatic heterocycles. The molecule has 2 N–H and O–H groups in total. The average molecular weight is 218 g/mol. The predicted octanol–water partition coefficient (Wildman–Crippen LogP) is 2.53. The second-order valence-electron chi connectivity index (χ2n) is 5.48. The van der Waals surface area contributed by atoms with E-state index in [0.717, 1.165) is 12.8 Å². The van der Waals surface area contributed by atoms with Gasteiger partial charge in [0.2, 0.25) is 0 Å². The summed E-state index contributed by atoms with van der Waals surface area (Å²) in [6.07, 6.45) is 4.59. The van der Waals surface area contributed by atoms with Gasteiger partial charge in [0, 0.05) is 6.04 Å². The van der Waals surface area contributed by atoms with Crippen LogP contribution in [0.1, 0.15) is 46.5 Å². The molecule has 1 atom stereocenters. The number of hydrogen-bond acceptors (Lipinski definition) is 2. The lowest BCUT2D eigenvalue weighted by molar-refractivity contribution is 0.467. The van der Waals surface area contributed by atoms with E-state index in [2.05, 4.69) is 4.72 Å². The third-order valence-electron chi connectivity index (χ3n) is 2.35. The fourth-order valence-electron chi connectivity index (χ4n) is 1.96. The zero-order valence-corrected chi connectivity index (χ0v) is 10.2. The van der Waals surface area contributed by atoms with Gasteiger partial charge in [-0.25, -0.2) is 13.7 Å². The molecule has 0 aromatic rings. The van der Waals surface area contributed by atoms with Crippen LogP contribution in [-0.4, -0.2) is 16.0 Å². The van der Waals surface area contributed by atoms with Crippen molar-refractivity contribution in [3.8, 4) is 0 Å². The first-order valence-electron chi connectivity index (χ1n) is 5.32. The normalized spacial score (nSPS) is 23.6. The van der Waals surface area contributed by atoms with Crippen LogP contribution >= 0.6 is 0 Å². The Labute approximate surface area is 87.8 Å². The molecule has 1 rings (SSSR count). The molecule has 0 spiro atoms. The second-order valence-corrected chi connectivity index (χ2v) is 7.35. The van der Waals surface area contributed by atoms with Crippen LogP contribution in [0.15, 0.2) is 0 Å². The molecule has 0 radical (unpaired) electrons. The molecule has 0 amide bonds. The van der Waals surface area contributed by atoms with Gasteiger partial charge in [-0.05, 0) is 18.3 Å². The topological polar surface area (TPSA) is 53.0 Å². The molecular formula is C10H22N2OS. The first-order valence-corrected chi connectivity index (χ1v) is 7.05. The summed E-state index contributed by atoms with van der Waals surface area (Å²) < 4.78 is 22.7.